The topological polar surface area (TPSA) is 83.9 Å². The second kappa shape index (κ2) is 15.5. The second-order valence-corrected chi connectivity index (χ2v) is 8.03. The number of rotatable bonds is 17. The first-order valence-corrected chi connectivity index (χ1v) is 11.3. The molecule has 1 aliphatic rings. The maximum atomic E-state index is 12.4. The number of hydrogen-bond acceptors (Lipinski definition) is 5. The van der Waals surface area contributed by atoms with Gasteiger partial charge in [-0.15, -0.1) is 0 Å². The normalized spacial score (nSPS) is 16.8. The summed E-state index contributed by atoms with van der Waals surface area (Å²) in [6.07, 6.45) is 16.0. The molecule has 1 atom stereocenters. The zero-order valence-corrected chi connectivity index (χ0v) is 17.6. The molecule has 0 aromatic carbocycles. The van der Waals surface area contributed by atoms with E-state index in [9.17, 15) is 14.4 Å². The third-order valence-corrected chi connectivity index (χ3v) is 5.61. The molecule has 1 aliphatic heterocycles. The van der Waals surface area contributed by atoms with Gasteiger partial charge in [0.15, 0.2) is 0 Å². The minimum absolute atomic E-state index is 0.0179. The predicted molar refractivity (Wildman–Crippen MR) is 108 cm³/mol. The van der Waals surface area contributed by atoms with Gasteiger partial charge in [0.2, 0.25) is 11.8 Å². The Bertz CT molecular complexity index is 466. The van der Waals surface area contributed by atoms with E-state index in [0.29, 0.717) is 25.8 Å². The summed E-state index contributed by atoms with van der Waals surface area (Å²) in [7, 11) is 0. The second-order valence-electron chi connectivity index (χ2n) is 8.03. The van der Waals surface area contributed by atoms with E-state index in [2.05, 4.69) is 11.8 Å². The van der Waals surface area contributed by atoms with Gasteiger partial charge in [-0.05, 0) is 19.3 Å². The molecule has 162 valence electrons. The van der Waals surface area contributed by atoms with Crippen LogP contribution in [0.1, 0.15) is 110 Å². The molecule has 1 fully saturated rings. The van der Waals surface area contributed by atoms with Crippen molar-refractivity contribution in [3.63, 3.8) is 0 Å². The van der Waals surface area contributed by atoms with Crippen LogP contribution in [0.4, 0.5) is 0 Å². The number of nitrogens with zero attached hydrogens (tertiary/aromatic N) is 1. The van der Waals surface area contributed by atoms with Gasteiger partial charge in [0.25, 0.3) is 0 Å². The molecule has 28 heavy (non-hydrogen) atoms. The van der Waals surface area contributed by atoms with Crippen molar-refractivity contribution in [2.45, 2.75) is 110 Å². The van der Waals surface area contributed by atoms with E-state index < -0.39 is 5.97 Å². The lowest BCUT2D eigenvalue weighted by molar-refractivity contribution is -0.234. The zero-order chi connectivity index (χ0) is 20.6. The van der Waals surface area contributed by atoms with E-state index in [4.69, 9.17) is 5.26 Å². The molecule has 0 bridgehead atoms. The highest BCUT2D eigenvalue weighted by Gasteiger charge is 2.37. The Morgan fingerprint density at radius 3 is 2.11 bits per heavy atom. The first-order valence-electron chi connectivity index (χ1n) is 11.3. The highest BCUT2D eigenvalue weighted by atomic mass is 17.1. The Kier molecular flexibility index (Phi) is 13.6. The SMILES string of the molecule is CCCCCCCCCCCCC1CC(=O)N(CCCCCC(=O)OO)C1=O. The van der Waals surface area contributed by atoms with Gasteiger partial charge >= 0.3 is 5.97 Å². The van der Waals surface area contributed by atoms with Crippen LogP contribution >= 0.6 is 0 Å². The van der Waals surface area contributed by atoms with E-state index in [1.54, 1.807) is 0 Å². The van der Waals surface area contributed by atoms with Gasteiger partial charge in [-0.1, -0.05) is 77.6 Å². The number of carbonyl (C=O) groups is 3. The largest absolute Gasteiger partial charge is 0.342 e. The molecule has 6 nitrogen and oxygen atoms in total. The Morgan fingerprint density at radius 1 is 0.929 bits per heavy atom. The molecule has 0 aromatic rings. The van der Waals surface area contributed by atoms with Gasteiger partial charge in [0.1, 0.15) is 0 Å². The summed E-state index contributed by atoms with van der Waals surface area (Å²) in [6, 6.07) is 0. The quantitative estimate of drug-likeness (QED) is 0.157. The summed E-state index contributed by atoms with van der Waals surface area (Å²) < 4.78 is 0. The minimum Gasteiger partial charge on any atom is -0.301 e. The maximum absolute atomic E-state index is 12.4. The van der Waals surface area contributed by atoms with E-state index in [0.717, 1.165) is 25.7 Å². The molecule has 6 heteroatoms. The predicted octanol–water partition coefficient (Wildman–Crippen LogP) is 5.25. The summed E-state index contributed by atoms with van der Waals surface area (Å²) in [5, 5.41) is 8.19. The van der Waals surface area contributed by atoms with Crippen LogP contribution in [0.5, 0.6) is 0 Å². The summed E-state index contributed by atoms with van der Waals surface area (Å²) >= 11 is 0. The van der Waals surface area contributed by atoms with Crippen LogP contribution in [0, 0.1) is 5.92 Å². The Balaban J connectivity index is 2.06. The van der Waals surface area contributed by atoms with Crippen molar-refractivity contribution in [2.75, 3.05) is 6.54 Å². The highest BCUT2D eigenvalue weighted by molar-refractivity contribution is 6.03. The van der Waals surface area contributed by atoms with Crippen molar-refractivity contribution in [2.24, 2.45) is 5.92 Å². The fourth-order valence-corrected chi connectivity index (χ4v) is 3.85. The monoisotopic (exact) mass is 397 g/mol. The number of carbonyl (C=O) groups excluding carboxylic acids is 3. The molecule has 2 amide bonds. The molecule has 0 aromatic heterocycles. The number of unbranched alkanes of at least 4 members (excludes halogenated alkanes) is 11. The van der Waals surface area contributed by atoms with Crippen LogP contribution < -0.4 is 0 Å². The van der Waals surface area contributed by atoms with E-state index in [-0.39, 0.29) is 24.2 Å². The lowest BCUT2D eigenvalue weighted by Crippen LogP contribution is -2.31. The Labute approximate surface area is 169 Å². The summed E-state index contributed by atoms with van der Waals surface area (Å²) in [5.41, 5.74) is 0. The average Bonchev–Trinajstić information content (AvgIpc) is 2.96. The van der Waals surface area contributed by atoms with Crippen LogP contribution in [-0.2, 0) is 19.3 Å². The van der Waals surface area contributed by atoms with Crippen molar-refractivity contribution in [1.82, 2.24) is 4.90 Å². The molecule has 1 unspecified atom stereocenters. The van der Waals surface area contributed by atoms with Crippen LogP contribution in [0.25, 0.3) is 0 Å². The summed E-state index contributed by atoms with van der Waals surface area (Å²) in [6.45, 7) is 2.67. The summed E-state index contributed by atoms with van der Waals surface area (Å²) in [4.78, 5) is 40.3. The van der Waals surface area contributed by atoms with Crippen LogP contribution in [0.3, 0.4) is 0 Å². The Morgan fingerprint density at radius 2 is 1.50 bits per heavy atom. The lowest BCUT2D eigenvalue weighted by Gasteiger charge is -2.14. The van der Waals surface area contributed by atoms with Crippen LogP contribution in [0.2, 0.25) is 0 Å². The third-order valence-electron chi connectivity index (χ3n) is 5.61. The number of hydrogen-bond donors (Lipinski definition) is 1. The van der Waals surface area contributed by atoms with Crippen LogP contribution in [0.15, 0.2) is 0 Å². The van der Waals surface area contributed by atoms with E-state index >= 15 is 0 Å². The average molecular weight is 398 g/mol. The molecular formula is C22H39NO5. The molecule has 0 aliphatic carbocycles. The van der Waals surface area contributed by atoms with Crippen molar-refractivity contribution < 1.29 is 24.5 Å². The Hall–Kier alpha value is -1.43. The first kappa shape index (κ1) is 24.6. The van der Waals surface area contributed by atoms with Crippen LogP contribution in [-0.4, -0.2) is 34.5 Å². The van der Waals surface area contributed by atoms with Gasteiger partial charge in [0.05, 0.1) is 0 Å². The van der Waals surface area contributed by atoms with Gasteiger partial charge < -0.3 is 4.89 Å². The molecule has 1 N–H and O–H groups in total. The van der Waals surface area contributed by atoms with Crippen molar-refractivity contribution in [3.8, 4) is 0 Å². The lowest BCUT2D eigenvalue weighted by atomic mass is 9.98. The van der Waals surface area contributed by atoms with E-state index in [1.165, 1.54) is 56.3 Å². The smallest absolute Gasteiger partial charge is 0.301 e. The standard InChI is InChI=1S/C22H39NO5/c1-2-3-4-5-6-7-8-9-10-12-15-19-18-20(24)23(22(19)26)17-14-11-13-16-21(25)28-27/h19,27H,2-18H2,1H3. The minimum atomic E-state index is -0.648. The number of likely N-dealkylation sites (tertiary alicyclic amines) is 1. The summed E-state index contributed by atoms with van der Waals surface area (Å²) in [5.74, 6) is -0.858. The van der Waals surface area contributed by atoms with Crippen molar-refractivity contribution >= 4 is 17.8 Å². The van der Waals surface area contributed by atoms with Gasteiger partial charge in [0, 0.05) is 25.3 Å². The zero-order valence-electron chi connectivity index (χ0n) is 17.6. The molecule has 1 rings (SSSR count). The third kappa shape index (κ3) is 10.2. The first-order chi connectivity index (χ1) is 13.6. The van der Waals surface area contributed by atoms with Crippen molar-refractivity contribution in [1.29, 1.82) is 0 Å². The molecule has 0 saturated carbocycles. The molecule has 1 heterocycles. The van der Waals surface area contributed by atoms with Gasteiger partial charge in [-0.3, -0.25) is 14.5 Å². The highest BCUT2D eigenvalue weighted by Crippen LogP contribution is 2.25. The maximum Gasteiger partial charge on any atom is 0.342 e. The number of amides is 2. The fourth-order valence-electron chi connectivity index (χ4n) is 3.85. The number of imide groups is 1. The van der Waals surface area contributed by atoms with Gasteiger partial charge in [-0.2, -0.15) is 5.26 Å². The van der Waals surface area contributed by atoms with Gasteiger partial charge in [-0.25, -0.2) is 4.79 Å². The molecular weight excluding hydrogens is 358 g/mol. The molecule has 1 saturated heterocycles. The van der Waals surface area contributed by atoms with E-state index in [1.807, 2.05) is 0 Å². The molecule has 0 spiro atoms. The fraction of sp³-hybridized carbons (Fsp3) is 0.864. The van der Waals surface area contributed by atoms with Crippen molar-refractivity contribution in [3.05, 3.63) is 0 Å². The molecule has 0 radical (unpaired) electrons.